The maximum Gasteiger partial charge on any atom is 0.267 e. The maximum atomic E-state index is 13.1. The maximum absolute atomic E-state index is 13.1. The minimum absolute atomic E-state index is 0.00433. The number of hydrogen-bond donors (Lipinski definition) is 3. The molecule has 2 aromatic heterocycles. The van der Waals surface area contributed by atoms with Crippen LogP contribution >= 0.6 is 12.6 Å². The number of nitrogens with zero attached hydrogens (tertiary/aromatic N) is 5. The summed E-state index contributed by atoms with van der Waals surface area (Å²) in [5, 5.41) is 28.4. The van der Waals surface area contributed by atoms with Crippen LogP contribution in [0.4, 0.5) is 5.82 Å². The number of phenolic OH excluding ortho intramolecular Hbond substituents is 2. The first-order valence-corrected chi connectivity index (χ1v) is 9.04. The van der Waals surface area contributed by atoms with Gasteiger partial charge in [0, 0.05) is 26.4 Å². The fourth-order valence-corrected chi connectivity index (χ4v) is 3.01. The molecule has 0 spiro atoms. The van der Waals surface area contributed by atoms with Crippen LogP contribution in [0.15, 0.2) is 35.6 Å². The van der Waals surface area contributed by atoms with E-state index < -0.39 is 5.91 Å². The van der Waals surface area contributed by atoms with Crippen molar-refractivity contribution < 1.29 is 15.0 Å². The number of aromatic nitrogens is 4. The Kier molecular flexibility index (Phi) is 5.28. The molecule has 0 aliphatic carbocycles. The number of hydrogen-bond acceptors (Lipinski definition) is 8. The SMILES string of the molecule is CC(C)c1cc(-c2nnc(S)n2C(=O)c2ccc(N(C)C)nc2)c(O)cc1O. The van der Waals surface area contributed by atoms with E-state index in [-0.39, 0.29) is 34.0 Å². The highest BCUT2D eigenvalue weighted by Crippen LogP contribution is 2.37. The molecule has 2 heterocycles. The molecule has 0 aliphatic heterocycles. The van der Waals surface area contributed by atoms with Gasteiger partial charge in [-0.2, -0.15) is 0 Å². The van der Waals surface area contributed by atoms with Crippen molar-refractivity contribution in [3.8, 4) is 22.9 Å². The van der Waals surface area contributed by atoms with Gasteiger partial charge in [0.2, 0.25) is 0 Å². The lowest BCUT2D eigenvalue weighted by molar-refractivity contribution is 0.0951. The summed E-state index contributed by atoms with van der Waals surface area (Å²) in [4.78, 5) is 19.1. The van der Waals surface area contributed by atoms with Gasteiger partial charge >= 0.3 is 0 Å². The summed E-state index contributed by atoms with van der Waals surface area (Å²) < 4.78 is 1.20. The van der Waals surface area contributed by atoms with Crippen molar-refractivity contribution in [2.45, 2.75) is 24.9 Å². The Morgan fingerprint density at radius 2 is 1.86 bits per heavy atom. The molecule has 0 saturated carbocycles. The molecule has 0 amide bonds. The largest absolute Gasteiger partial charge is 0.508 e. The molecular weight excluding hydrogens is 378 g/mol. The number of pyridine rings is 1. The predicted molar refractivity (Wildman–Crippen MR) is 108 cm³/mol. The van der Waals surface area contributed by atoms with Gasteiger partial charge < -0.3 is 15.1 Å². The first-order chi connectivity index (χ1) is 13.2. The topological polar surface area (TPSA) is 104 Å². The molecule has 0 aliphatic rings. The molecule has 0 radical (unpaired) electrons. The van der Waals surface area contributed by atoms with Gasteiger partial charge in [0.05, 0.1) is 11.1 Å². The third-order valence-corrected chi connectivity index (χ3v) is 4.60. The second kappa shape index (κ2) is 7.51. The summed E-state index contributed by atoms with van der Waals surface area (Å²) >= 11 is 4.24. The van der Waals surface area contributed by atoms with Crippen molar-refractivity contribution >= 4 is 24.4 Å². The number of rotatable bonds is 4. The van der Waals surface area contributed by atoms with E-state index in [0.29, 0.717) is 16.9 Å². The molecule has 0 bridgehead atoms. The zero-order chi connectivity index (χ0) is 20.6. The lowest BCUT2D eigenvalue weighted by atomic mass is 9.98. The summed E-state index contributed by atoms with van der Waals surface area (Å²) in [7, 11) is 3.71. The van der Waals surface area contributed by atoms with Crippen LogP contribution in [0, 0.1) is 0 Å². The van der Waals surface area contributed by atoms with Crippen LogP contribution in [-0.4, -0.2) is 50.0 Å². The highest BCUT2D eigenvalue weighted by atomic mass is 32.1. The molecule has 0 fully saturated rings. The lowest BCUT2D eigenvalue weighted by Crippen LogP contribution is -2.16. The van der Waals surface area contributed by atoms with Gasteiger partial charge in [0.1, 0.15) is 17.3 Å². The number of benzene rings is 1. The number of anilines is 1. The van der Waals surface area contributed by atoms with Crippen molar-refractivity contribution in [1.29, 1.82) is 0 Å². The third-order valence-electron chi connectivity index (χ3n) is 4.31. The van der Waals surface area contributed by atoms with Gasteiger partial charge in [-0.05, 0) is 29.7 Å². The molecule has 2 N–H and O–H groups in total. The summed E-state index contributed by atoms with van der Waals surface area (Å²) in [6, 6.07) is 6.21. The number of carbonyl (C=O) groups is 1. The fourth-order valence-electron chi connectivity index (χ4n) is 2.78. The van der Waals surface area contributed by atoms with Crippen LogP contribution in [0.1, 0.15) is 35.7 Å². The van der Waals surface area contributed by atoms with Gasteiger partial charge in [0.15, 0.2) is 11.0 Å². The van der Waals surface area contributed by atoms with Crippen LogP contribution in [-0.2, 0) is 0 Å². The van der Waals surface area contributed by atoms with E-state index in [1.807, 2.05) is 32.8 Å². The molecule has 1 aromatic carbocycles. The van der Waals surface area contributed by atoms with E-state index >= 15 is 0 Å². The van der Waals surface area contributed by atoms with E-state index in [4.69, 9.17) is 0 Å². The fraction of sp³-hybridized carbons (Fsp3) is 0.263. The Morgan fingerprint density at radius 1 is 1.14 bits per heavy atom. The Hall–Kier alpha value is -3.07. The van der Waals surface area contributed by atoms with Crippen molar-refractivity contribution in [3.05, 3.63) is 41.6 Å². The normalized spacial score (nSPS) is 11.1. The monoisotopic (exact) mass is 399 g/mol. The van der Waals surface area contributed by atoms with Crippen LogP contribution < -0.4 is 4.90 Å². The van der Waals surface area contributed by atoms with Gasteiger partial charge in [-0.3, -0.25) is 4.79 Å². The second-order valence-electron chi connectivity index (χ2n) is 6.85. The Labute approximate surface area is 167 Å². The van der Waals surface area contributed by atoms with E-state index in [9.17, 15) is 15.0 Å². The molecule has 0 saturated heterocycles. The highest BCUT2D eigenvalue weighted by molar-refractivity contribution is 7.80. The number of thiol groups is 1. The van der Waals surface area contributed by atoms with E-state index in [1.165, 1.54) is 16.8 Å². The first kappa shape index (κ1) is 19.7. The molecule has 3 rings (SSSR count). The molecule has 0 atom stereocenters. The van der Waals surface area contributed by atoms with Gasteiger partial charge in [-0.1, -0.05) is 13.8 Å². The van der Waals surface area contributed by atoms with Crippen molar-refractivity contribution in [1.82, 2.24) is 19.7 Å². The van der Waals surface area contributed by atoms with Crippen LogP contribution in [0.3, 0.4) is 0 Å². The third kappa shape index (κ3) is 3.53. The Bertz CT molecular complexity index is 1030. The molecule has 9 heteroatoms. The summed E-state index contributed by atoms with van der Waals surface area (Å²) in [5.74, 6) is 0.183. The smallest absolute Gasteiger partial charge is 0.267 e. The number of aromatic hydroxyl groups is 2. The summed E-state index contributed by atoms with van der Waals surface area (Å²) in [6.45, 7) is 3.82. The quantitative estimate of drug-likeness (QED) is 0.580. The summed E-state index contributed by atoms with van der Waals surface area (Å²) in [5.41, 5.74) is 1.22. The average molecular weight is 399 g/mol. The average Bonchev–Trinajstić information content (AvgIpc) is 3.02. The van der Waals surface area contributed by atoms with Crippen molar-refractivity contribution in [2.24, 2.45) is 0 Å². The zero-order valence-electron chi connectivity index (χ0n) is 16.0. The molecular formula is C19H21N5O3S. The van der Waals surface area contributed by atoms with Crippen LogP contribution in [0.25, 0.3) is 11.4 Å². The minimum atomic E-state index is -0.429. The molecule has 8 nitrogen and oxygen atoms in total. The molecule has 3 aromatic rings. The lowest BCUT2D eigenvalue weighted by Gasteiger charge is -2.14. The predicted octanol–water partition coefficient (Wildman–Crippen LogP) is 2.92. The van der Waals surface area contributed by atoms with Crippen molar-refractivity contribution in [2.75, 3.05) is 19.0 Å². The molecule has 28 heavy (non-hydrogen) atoms. The van der Waals surface area contributed by atoms with E-state index in [2.05, 4.69) is 27.8 Å². The van der Waals surface area contributed by atoms with Gasteiger partial charge in [0.25, 0.3) is 5.91 Å². The first-order valence-electron chi connectivity index (χ1n) is 8.59. The Balaban J connectivity index is 2.10. The van der Waals surface area contributed by atoms with Crippen LogP contribution in [0.2, 0.25) is 0 Å². The van der Waals surface area contributed by atoms with Gasteiger partial charge in [-0.15, -0.1) is 22.8 Å². The summed E-state index contributed by atoms with van der Waals surface area (Å²) in [6.07, 6.45) is 1.46. The second-order valence-corrected chi connectivity index (χ2v) is 7.25. The zero-order valence-corrected chi connectivity index (χ0v) is 16.8. The number of phenols is 2. The van der Waals surface area contributed by atoms with Crippen LogP contribution in [0.5, 0.6) is 11.5 Å². The standard InChI is InChI=1S/C19H21N5O3S/c1-10(2)12-7-13(15(26)8-14(12)25)17-21-22-19(28)24(17)18(27)11-5-6-16(20-9-11)23(3)4/h5-10,25-26H,1-4H3,(H,22,28). The molecule has 0 unspecified atom stereocenters. The van der Waals surface area contributed by atoms with E-state index in [1.54, 1.807) is 18.2 Å². The van der Waals surface area contributed by atoms with E-state index in [0.717, 1.165) is 0 Å². The molecule has 146 valence electrons. The van der Waals surface area contributed by atoms with Crippen molar-refractivity contribution in [3.63, 3.8) is 0 Å². The highest BCUT2D eigenvalue weighted by Gasteiger charge is 2.23. The number of carbonyl (C=O) groups excluding carboxylic acids is 1. The minimum Gasteiger partial charge on any atom is -0.508 e. The van der Waals surface area contributed by atoms with Gasteiger partial charge in [-0.25, -0.2) is 9.55 Å². The Morgan fingerprint density at radius 3 is 2.43 bits per heavy atom.